The second-order valence-corrected chi connectivity index (χ2v) is 5.20. The average Bonchev–Trinajstić information content (AvgIpc) is 2.49. The lowest BCUT2D eigenvalue weighted by molar-refractivity contribution is 0.102. The fourth-order valence-electron chi connectivity index (χ4n) is 1.78. The van der Waals surface area contributed by atoms with Crippen LogP contribution in [0.2, 0.25) is 5.02 Å². The van der Waals surface area contributed by atoms with Gasteiger partial charge in [-0.2, -0.15) is 0 Å². The van der Waals surface area contributed by atoms with E-state index in [-0.39, 0.29) is 12.0 Å². The highest BCUT2D eigenvalue weighted by atomic mass is 35.5. The Kier molecular flexibility index (Phi) is 5.23. The van der Waals surface area contributed by atoms with Crippen LogP contribution >= 0.6 is 11.6 Å². The van der Waals surface area contributed by atoms with Gasteiger partial charge in [0.15, 0.2) is 0 Å². The molecule has 4 heteroatoms. The Morgan fingerprint density at radius 1 is 1.19 bits per heavy atom. The maximum absolute atomic E-state index is 12.1. The van der Waals surface area contributed by atoms with E-state index in [9.17, 15) is 4.79 Å². The van der Waals surface area contributed by atoms with Gasteiger partial charge in [0.05, 0.1) is 16.7 Å². The van der Waals surface area contributed by atoms with Gasteiger partial charge in [-0.15, -0.1) is 0 Å². The topological polar surface area (TPSA) is 38.3 Å². The highest BCUT2D eigenvalue weighted by Gasteiger charge is 2.09. The molecule has 0 aliphatic carbocycles. The van der Waals surface area contributed by atoms with E-state index in [0.29, 0.717) is 16.3 Å². The number of hydrogen-bond acceptors (Lipinski definition) is 2. The van der Waals surface area contributed by atoms with E-state index in [0.717, 1.165) is 12.2 Å². The van der Waals surface area contributed by atoms with Crippen molar-refractivity contribution in [3.8, 4) is 5.75 Å². The minimum Gasteiger partial charge on any atom is -0.491 e. The van der Waals surface area contributed by atoms with Gasteiger partial charge in [0, 0.05) is 5.69 Å². The van der Waals surface area contributed by atoms with Crippen LogP contribution in [0.4, 0.5) is 5.69 Å². The molecule has 0 aliphatic rings. The number of halogens is 1. The number of benzene rings is 2. The van der Waals surface area contributed by atoms with Gasteiger partial charge in [-0.05, 0) is 49.7 Å². The monoisotopic (exact) mass is 303 g/mol. The molecule has 0 saturated heterocycles. The van der Waals surface area contributed by atoms with Crippen LogP contribution in [0.15, 0.2) is 48.5 Å². The molecular formula is C17H18ClNO2. The molecule has 21 heavy (non-hydrogen) atoms. The van der Waals surface area contributed by atoms with Gasteiger partial charge in [-0.3, -0.25) is 4.79 Å². The number of ether oxygens (including phenoxy) is 1. The molecule has 3 nitrogen and oxygen atoms in total. The molecule has 1 atom stereocenters. The van der Waals surface area contributed by atoms with Crippen LogP contribution in [-0.4, -0.2) is 12.0 Å². The van der Waals surface area contributed by atoms with Gasteiger partial charge in [0.25, 0.3) is 5.91 Å². The molecule has 0 aliphatic heterocycles. The molecule has 2 aromatic rings. The van der Waals surface area contributed by atoms with E-state index < -0.39 is 0 Å². The number of anilines is 1. The van der Waals surface area contributed by atoms with Gasteiger partial charge in [0.1, 0.15) is 5.75 Å². The number of carbonyl (C=O) groups is 1. The summed E-state index contributed by atoms with van der Waals surface area (Å²) < 4.78 is 5.69. The second kappa shape index (κ2) is 7.14. The van der Waals surface area contributed by atoms with Crippen LogP contribution < -0.4 is 10.1 Å². The van der Waals surface area contributed by atoms with Gasteiger partial charge in [0.2, 0.25) is 0 Å². The van der Waals surface area contributed by atoms with Crippen LogP contribution in [0, 0.1) is 0 Å². The Hall–Kier alpha value is -2.00. The minimum atomic E-state index is -0.226. The lowest BCUT2D eigenvalue weighted by atomic mass is 10.2. The van der Waals surface area contributed by atoms with Gasteiger partial charge < -0.3 is 10.1 Å². The summed E-state index contributed by atoms with van der Waals surface area (Å²) in [5.41, 5.74) is 1.16. The highest BCUT2D eigenvalue weighted by Crippen LogP contribution is 2.20. The molecular weight excluding hydrogens is 286 g/mol. The van der Waals surface area contributed by atoms with Crippen LogP contribution in [0.3, 0.4) is 0 Å². The number of carbonyl (C=O) groups excluding carboxylic acids is 1. The number of nitrogens with one attached hydrogen (secondary N) is 1. The summed E-state index contributed by atoms with van der Waals surface area (Å²) in [6.07, 6.45) is 1.12. The Morgan fingerprint density at radius 3 is 2.48 bits per heavy atom. The third kappa shape index (κ3) is 4.23. The largest absolute Gasteiger partial charge is 0.491 e. The fourth-order valence-corrected chi connectivity index (χ4v) is 2.00. The molecule has 0 radical (unpaired) electrons. The smallest absolute Gasteiger partial charge is 0.257 e. The maximum atomic E-state index is 12.1. The van der Waals surface area contributed by atoms with E-state index in [1.54, 1.807) is 24.3 Å². The van der Waals surface area contributed by atoms with Crippen LogP contribution in [0.1, 0.15) is 30.6 Å². The number of hydrogen-bond donors (Lipinski definition) is 1. The maximum Gasteiger partial charge on any atom is 0.257 e. The third-order valence-electron chi connectivity index (χ3n) is 3.14. The molecule has 0 spiro atoms. The summed E-state index contributed by atoms with van der Waals surface area (Å²) in [7, 11) is 0. The summed E-state index contributed by atoms with van der Waals surface area (Å²) in [6, 6.07) is 14.3. The summed E-state index contributed by atoms with van der Waals surface area (Å²) >= 11 is 6.00. The summed E-state index contributed by atoms with van der Waals surface area (Å²) in [5, 5.41) is 3.25. The predicted octanol–water partition coefficient (Wildman–Crippen LogP) is 4.77. The quantitative estimate of drug-likeness (QED) is 0.864. The predicted molar refractivity (Wildman–Crippen MR) is 86.2 cm³/mol. The Morgan fingerprint density at radius 2 is 1.86 bits per heavy atom. The van der Waals surface area contributed by atoms with Crippen molar-refractivity contribution < 1.29 is 9.53 Å². The second-order valence-electron chi connectivity index (χ2n) is 4.80. The highest BCUT2D eigenvalue weighted by molar-refractivity contribution is 6.34. The Bertz CT molecular complexity index is 610. The first kappa shape index (κ1) is 15.4. The fraction of sp³-hybridized carbons (Fsp3) is 0.235. The van der Waals surface area contributed by atoms with Crippen molar-refractivity contribution in [3.63, 3.8) is 0 Å². The van der Waals surface area contributed by atoms with E-state index >= 15 is 0 Å². The van der Waals surface area contributed by atoms with Crippen molar-refractivity contribution in [2.45, 2.75) is 26.4 Å². The SMILES string of the molecule is CCC(C)Oc1ccc(NC(=O)c2ccccc2Cl)cc1. The summed E-state index contributed by atoms with van der Waals surface area (Å²) in [4.78, 5) is 12.1. The molecule has 0 fully saturated rings. The zero-order valence-corrected chi connectivity index (χ0v) is 12.9. The van der Waals surface area contributed by atoms with Gasteiger partial charge in [-0.25, -0.2) is 0 Å². The van der Waals surface area contributed by atoms with Gasteiger partial charge >= 0.3 is 0 Å². The lowest BCUT2D eigenvalue weighted by Crippen LogP contribution is -2.12. The van der Waals surface area contributed by atoms with Crippen LogP contribution in [0.25, 0.3) is 0 Å². The van der Waals surface area contributed by atoms with Crippen LogP contribution in [-0.2, 0) is 0 Å². The Balaban J connectivity index is 2.03. The Labute approximate surface area is 129 Å². The van der Waals surface area contributed by atoms with E-state index in [4.69, 9.17) is 16.3 Å². The van der Waals surface area contributed by atoms with Crippen molar-refractivity contribution in [2.24, 2.45) is 0 Å². The number of rotatable bonds is 5. The molecule has 0 bridgehead atoms. The first-order chi connectivity index (χ1) is 10.1. The molecule has 2 rings (SSSR count). The van der Waals surface area contributed by atoms with Crippen molar-refractivity contribution in [2.75, 3.05) is 5.32 Å². The summed E-state index contributed by atoms with van der Waals surface area (Å²) in [6.45, 7) is 4.09. The van der Waals surface area contributed by atoms with E-state index in [2.05, 4.69) is 12.2 Å². The zero-order valence-electron chi connectivity index (χ0n) is 12.1. The normalized spacial score (nSPS) is 11.8. The lowest BCUT2D eigenvalue weighted by Gasteiger charge is -2.13. The molecule has 1 unspecified atom stereocenters. The molecule has 1 amide bonds. The standard InChI is InChI=1S/C17H18ClNO2/c1-3-12(2)21-14-10-8-13(9-11-14)19-17(20)15-6-4-5-7-16(15)18/h4-12H,3H2,1-2H3,(H,19,20). The molecule has 1 N–H and O–H groups in total. The molecule has 0 saturated carbocycles. The molecule has 0 aromatic heterocycles. The first-order valence-corrected chi connectivity index (χ1v) is 7.30. The van der Waals surface area contributed by atoms with Crippen LogP contribution in [0.5, 0.6) is 5.75 Å². The summed E-state index contributed by atoms with van der Waals surface area (Å²) in [5.74, 6) is 0.566. The first-order valence-electron chi connectivity index (χ1n) is 6.92. The minimum absolute atomic E-state index is 0.175. The third-order valence-corrected chi connectivity index (χ3v) is 3.47. The van der Waals surface area contributed by atoms with Crippen molar-refractivity contribution >= 4 is 23.2 Å². The van der Waals surface area contributed by atoms with Gasteiger partial charge in [-0.1, -0.05) is 30.7 Å². The van der Waals surface area contributed by atoms with Crippen molar-refractivity contribution in [1.82, 2.24) is 0 Å². The van der Waals surface area contributed by atoms with E-state index in [1.807, 2.05) is 31.2 Å². The van der Waals surface area contributed by atoms with Crippen molar-refractivity contribution in [3.05, 3.63) is 59.1 Å². The van der Waals surface area contributed by atoms with Crippen molar-refractivity contribution in [1.29, 1.82) is 0 Å². The zero-order chi connectivity index (χ0) is 15.2. The molecule has 2 aromatic carbocycles. The molecule has 0 heterocycles. The van der Waals surface area contributed by atoms with E-state index in [1.165, 1.54) is 0 Å². The molecule has 110 valence electrons. The number of amides is 1. The average molecular weight is 304 g/mol.